The van der Waals surface area contributed by atoms with Crippen LogP contribution in [0.15, 0.2) is 6.07 Å². The number of nitrogens with two attached hydrogens (primary N) is 1. The zero-order chi connectivity index (χ0) is 13.9. The van der Waals surface area contributed by atoms with Gasteiger partial charge in [-0.3, -0.25) is 0 Å². The minimum Gasteiger partial charge on any atom is -0.356 e. The van der Waals surface area contributed by atoms with Gasteiger partial charge >= 0.3 is 0 Å². The molecule has 106 valence electrons. The highest BCUT2D eigenvalue weighted by Gasteiger charge is 2.24. The van der Waals surface area contributed by atoms with Gasteiger partial charge in [0, 0.05) is 25.6 Å². The fourth-order valence-corrected chi connectivity index (χ4v) is 2.53. The van der Waals surface area contributed by atoms with Crippen LogP contribution in [0.2, 0.25) is 0 Å². The zero-order valence-corrected chi connectivity index (χ0v) is 12.2. The molecule has 1 saturated heterocycles. The number of hydrogen-bond acceptors (Lipinski definition) is 5. The third-order valence-electron chi connectivity index (χ3n) is 3.89. The summed E-state index contributed by atoms with van der Waals surface area (Å²) >= 11 is 0. The van der Waals surface area contributed by atoms with E-state index in [1.165, 1.54) is 19.3 Å². The summed E-state index contributed by atoms with van der Waals surface area (Å²) in [6.45, 7) is 8.87. The maximum Gasteiger partial charge on any atom is 0.145 e. The van der Waals surface area contributed by atoms with E-state index in [0.717, 1.165) is 31.2 Å². The summed E-state index contributed by atoms with van der Waals surface area (Å²) in [5.41, 5.74) is 3.07. The maximum atomic E-state index is 5.49. The molecule has 0 spiro atoms. The lowest BCUT2D eigenvalue weighted by Crippen LogP contribution is -2.27. The highest BCUT2D eigenvalue weighted by Crippen LogP contribution is 2.31. The summed E-state index contributed by atoms with van der Waals surface area (Å²) in [5, 5.41) is 0. The predicted molar refractivity (Wildman–Crippen MR) is 79.1 cm³/mol. The molecule has 3 N–H and O–H groups in total. The molecule has 0 radical (unpaired) electrons. The lowest BCUT2D eigenvalue weighted by molar-refractivity contribution is 0.325. The molecule has 2 rings (SSSR count). The Kier molecular flexibility index (Phi) is 4.24. The van der Waals surface area contributed by atoms with Crippen molar-refractivity contribution < 1.29 is 0 Å². The Balaban J connectivity index is 2.21. The first-order valence-electron chi connectivity index (χ1n) is 7.13. The van der Waals surface area contributed by atoms with E-state index in [2.05, 4.69) is 41.1 Å². The number of rotatable bonds is 3. The van der Waals surface area contributed by atoms with E-state index in [1.807, 2.05) is 6.07 Å². The molecule has 2 heterocycles. The lowest BCUT2D eigenvalue weighted by Gasteiger charge is -2.24. The van der Waals surface area contributed by atoms with Crippen molar-refractivity contribution in [3.8, 4) is 0 Å². The number of anilines is 2. The molecule has 1 aromatic rings. The van der Waals surface area contributed by atoms with Crippen molar-refractivity contribution in [2.45, 2.75) is 46.5 Å². The van der Waals surface area contributed by atoms with E-state index in [1.54, 1.807) is 0 Å². The van der Waals surface area contributed by atoms with Crippen LogP contribution >= 0.6 is 0 Å². The van der Waals surface area contributed by atoms with Crippen molar-refractivity contribution in [2.75, 3.05) is 23.4 Å². The summed E-state index contributed by atoms with van der Waals surface area (Å²) < 4.78 is 0. The molecular formula is C14H25N5. The summed E-state index contributed by atoms with van der Waals surface area (Å²) in [7, 11) is 0. The molecule has 1 aliphatic heterocycles. The zero-order valence-electron chi connectivity index (χ0n) is 12.2. The molecule has 0 amide bonds. The lowest BCUT2D eigenvalue weighted by atomic mass is 9.85. The van der Waals surface area contributed by atoms with Crippen LogP contribution in [0.25, 0.3) is 0 Å². The molecule has 0 atom stereocenters. The van der Waals surface area contributed by atoms with E-state index >= 15 is 0 Å². The highest BCUT2D eigenvalue weighted by atomic mass is 15.3. The number of nitrogen functional groups attached to an aromatic ring is 1. The van der Waals surface area contributed by atoms with E-state index in [0.29, 0.717) is 11.2 Å². The molecular weight excluding hydrogens is 238 g/mol. The van der Waals surface area contributed by atoms with Crippen molar-refractivity contribution in [1.82, 2.24) is 9.97 Å². The SMILES string of the molecule is CCc1nc(NN)cc(N2CCCC(C)(C)CC2)n1. The van der Waals surface area contributed by atoms with E-state index < -0.39 is 0 Å². The van der Waals surface area contributed by atoms with Crippen LogP contribution in [-0.4, -0.2) is 23.1 Å². The third-order valence-corrected chi connectivity index (χ3v) is 3.89. The first-order chi connectivity index (χ1) is 9.04. The molecule has 0 aliphatic carbocycles. The van der Waals surface area contributed by atoms with Gasteiger partial charge in [-0.25, -0.2) is 15.8 Å². The quantitative estimate of drug-likeness (QED) is 0.647. The van der Waals surface area contributed by atoms with Gasteiger partial charge in [0.1, 0.15) is 17.5 Å². The van der Waals surface area contributed by atoms with Crippen LogP contribution in [0, 0.1) is 5.41 Å². The second-order valence-corrected chi connectivity index (χ2v) is 6.03. The number of nitrogens with one attached hydrogen (secondary N) is 1. The van der Waals surface area contributed by atoms with Crippen molar-refractivity contribution in [1.29, 1.82) is 0 Å². The number of hydrazine groups is 1. The molecule has 19 heavy (non-hydrogen) atoms. The van der Waals surface area contributed by atoms with Crippen molar-refractivity contribution in [3.63, 3.8) is 0 Å². The fourth-order valence-electron chi connectivity index (χ4n) is 2.53. The third kappa shape index (κ3) is 3.56. The van der Waals surface area contributed by atoms with E-state index in [4.69, 9.17) is 5.84 Å². The summed E-state index contributed by atoms with van der Waals surface area (Å²) in [5.74, 6) is 8.03. The Labute approximate surface area is 115 Å². The van der Waals surface area contributed by atoms with Gasteiger partial charge in [0.15, 0.2) is 0 Å². The van der Waals surface area contributed by atoms with Crippen LogP contribution < -0.4 is 16.2 Å². The highest BCUT2D eigenvalue weighted by molar-refractivity contribution is 5.49. The second kappa shape index (κ2) is 5.74. The number of aryl methyl sites for hydroxylation is 1. The van der Waals surface area contributed by atoms with Crippen molar-refractivity contribution in [3.05, 3.63) is 11.9 Å². The average molecular weight is 263 g/mol. The van der Waals surface area contributed by atoms with Gasteiger partial charge in [-0.1, -0.05) is 20.8 Å². The first kappa shape index (κ1) is 14.1. The average Bonchev–Trinajstić information content (AvgIpc) is 2.59. The molecule has 5 heteroatoms. The van der Waals surface area contributed by atoms with Gasteiger partial charge in [0.25, 0.3) is 0 Å². The van der Waals surface area contributed by atoms with Gasteiger partial charge in [-0.15, -0.1) is 0 Å². The largest absolute Gasteiger partial charge is 0.356 e. The van der Waals surface area contributed by atoms with Crippen LogP contribution in [0.3, 0.4) is 0 Å². The topological polar surface area (TPSA) is 67.1 Å². The number of hydrogen-bond donors (Lipinski definition) is 2. The predicted octanol–water partition coefficient (Wildman–Crippen LogP) is 2.34. The van der Waals surface area contributed by atoms with Crippen LogP contribution in [0.5, 0.6) is 0 Å². The summed E-state index contributed by atoms with van der Waals surface area (Å²) in [6, 6.07) is 1.94. The number of nitrogens with zero attached hydrogens (tertiary/aromatic N) is 3. The first-order valence-corrected chi connectivity index (χ1v) is 7.13. The summed E-state index contributed by atoms with van der Waals surface area (Å²) in [4.78, 5) is 11.3. The van der Waals surface area contributed by atoms with Crippen LogP contribution in [0.4, 0.5) is 11.6 Å². The fraction of sp³-hybridized carbons (Fsp3) is 0.714. The Hall–Kier alpha value is -1.36. The van der Waals surface area contributed by atoms with Crippen LogP contribution in [-0.2, 0) is 6.42 Å². The summed E-state index contributed by atoms with van der Waals surface area (Å²) in [6.07, 6.45) is 4.51. The standard InChI is InChI=1S/C14H25N5/c1-4-11-16-12(18-15)10-13(17-11)19-8-5-6-14(2,3)7-9-19/h10H,4-9,15H2,1-3H3,(H,16,17,18). The second-order valence-electron chi connectivity index (χ2n) is 6.03. The Morgan fingerprint density at radius 3 is 2.79 bits per heavy atom. The number of aromatic nitrogens is 2. The van der Waals surface area contributed by atoms with Gasteiger partial charge in [-0.2, -0.15) is 0 Å². The van der Waals surface area contributed by atoms with Crippen molar-refractivity contribution in [2.24, 2.45) is 11.3 Å². The monoisotopic (exact) mass is 263 g/mol. The Bertz CT molecular complexity index is 408. The molecule has 1 aromatic heterocycles. The van der Waals surface area contributed by atoms with Crippen molar-refractivity contribution >= 4 is 11.6 Å². The minimum atomic E-state index is 0.435. The smallest absolute Gasteiger partial charge is 0.145 e. The minimum absolute atomic E-state index is 0.435. The molecule has 0 saturated carbocycles. The molecule has 5 nitrogen and oxygen atoms in total. The molecule has 0 bridgehead atoms. The normalized spacial score (nSPS) is 19.1. The van der Waals surface area contributed by atoms with Gasteiger partial charge in [-0.05, 0) is 24.7 Å². The Morgan fingerprint density at radius 2 is 2.11 bits per heavy atom. The van der Waals surface area contributed by atoms with E-state index in [9.17, 15) is 0 Å². The maximum absolute atomic E-state index is 5.49. The molecule has 1 aliphatic rings. The Morgan fingerprint density at radius 1 is 1.32 bits per heavy atom. The molecule has 0 aromatic carbocycles. The molecule has 1 fully saturated rings. The van der Waals surface area contributed by atoms with Gasteiger partial charge in [0.2, 0.25) is 0 Å². The van der Waals surface area contributed by atoms with Gasteiger partial charge < -0.3 is 10.3 Å². The van der Waals surface area contributed by atoms with E-state index in [-0.39, 0.29) is 0 Å². The van der Waals surface area contributed by atoms with Gasteiger partial charge in [0.05, 0.1) is 0 Å². The van der Waals surface area contributed by atoms with Crippen LogP contribution in [0.1, 0.15) is 45.9 Å². The molecule has 0 unspecified atom stereocenters.